The number of rotatable bonds is 2. The van der Waals surface area contributed by atoms with Crippen molar-refractivity contribution < 1.29 is 8.42 Å². The third kappa shape index (κ3) is 2.31. The lowest BCUT2D eigenvalue weighted by Gasteiger charge is -2.05. The molecule has 2 unspecified atom stereocenters. The Labute approximate surface area is 93.3 Å². The van der Waals surface area contributed by atoms with Gasteiger partial charge in [0.05, 0.1) is 29.1 Å². The Bertz CT molecular complexity index is 454. The van der Waals surface area contributed by atoms with Crippen molar-refractivity contribution in [1.82, 2.24) is 15.0 Å². The zero-order chi connectivity index (χ0) is 11.1. The number of hydrogen-bond donors (Lipinski definition) is 0. The minimum absolute atomic E-state index is 0.0772. The van der Waals surface area contributed by atoms with Gasteiger partial charge in [-0.2, -0.15) is 0 Å². The summed E-state index contributed by atoms with van der Waals surface area (Å²) in [6.45, 7) is 1.81. The monoisotopic (exact) mass is 249 g/mol. The second-order valence-electron chi connectivity index (χ2n) is 3.80. The molecule has 2 heterocycles. The van der Waals surface area contributed by atoms with Crippen LogP contribution in [0, 0.1) is 0 Å². The van der Waals surface area contributed by atoms with Crippen molar-refractivity contribution in [2.24, 2.45) is 0 Å². The molecule has 0 N–H and O–H groups in total. The smallest absolute Gasteiger partial charge is 0.152 e. The van der Waals surface area contributed by atoms with Crippen LogP contribution in [-0.4, -0.2) is 34.9 Å². The Morgan fingerprint density at radius 2 is 2.40 bits per heavy atom. The molecule has 0 radical (unpaired) electrons. The number of alkyl halides is 1. The van der Waals surface area contributed by atoms with Crippen molar-refractivity contribution in [1.29, 1.82) is 0 Å². The minimum Gasteiger partial charge on any atom is -0.248 e. The Kier molecular flexibility index (Phi) is 2.72. The number of halogens is 1. The summed E-state index contributed by atoms with van der Waals surface area (Å²) in [4.78, 5) is 0. The van der Waals surface area contributed by atoms with Crippen molar-refractivity contribution in [3.63, 3.8) is 0 Å². The number of hydrogen-bond acceptors (Lipinski definition) is 4. The lowest BCUT2D eigenvalue weighted by atomic mass is 10.3. The highest BCUT2D eigenvalue weighted by Crippen LogP contribution is 2.24. The molecule has 5 nitrogen and oxygen atoms in total. The molecule has 1 aliphatic heterocycles. The summed E-state index contributed by atoms with van der Waals surface area (Å²) >= 11 is 5.85. The van der Waals surface area contributed by atoms with Gasteiger partial charge in [0.25, 0.3) is 0 Å². The molecule has 1 aliphatic rings. The first-order valence-corrected chi connectivity index (χ1v) is 7.00. The van der Waals surface area contributed by atoms with Crippen LogP contribution < -0.4 is 0 Å². The van der Waals surface area contributed by atoms with E-state index in [1.165, 1.54) is 0 Å². The molecule has 2 atom stereocenters. The predicted molar refractivity (Wildman–Crippen MR) is 56.6 cm³/mol. The molecular weight excluding hydrogens is 238 g/mol. The van der Waals surface area contributed by atoms with Crippen molar-refractivity contribution >= 4 is 21.4 Å². The van der Waals surface area contributed by atoms with Gasteiger partial charge in [-0.05, 0) is 13.3 Å². The topological polar surface area (TPSA) is 64.8 Å². The van der Waals surface area contributed by atoms with Gasteiger partial charge in [0.1, 0.15) is 5.69 Å². The minimum atomic E-state index is -2.88. The van der Waals surface area contributed by atoms with E-state index in [4.69, 9.17) is 11.6 Å². The van der Waals surface area contributed by atoms with Crippen molar-refractivity contribution in [3.8, 4) is 0 Å². The SMILES string of the molecule is CC(Cl)c1cn(C2CCS(=O)(=O)C2)nn1. The standard InChI is InChI=1S/C8H12ClN3O2S/c1-6(9)8-4-12(11-10-8)7-2-3-15(13,14)5-7/h4,6-7H,2-3,5H2,1H3. The van der Waals surface area contributed by atoms with Crippen LogP contribution in [0.4, 0.5) is 0 Å². The van der Waals surface area contributed by atoms with Gasteiger partial charge in [0.15, 0.2) is 9.84 Å². The Morgan fingerprint density at radius 3 is 2.87 bits per heavy atom. The average Bonchev–Trinajstić information content (AvgIpc) is 2.70. The molecule has 0 amide bonds. The average molecular weight is 250 g/mol. The Morgan fingerprint density at radius 1 is 1.67 bits per heavy atom. The first-order valence-electron chi connectivity index (χ1n) is 4.74. The molecular formula is C8H12ClN3O2S. The second kappa shape index (κ2) is 3.75. The Hall–Kier alpha value is -0.620. The van der Waals surface area contributed by atoms with Gasteiger partial charge < -0.3 is 0 Å². The quantitative estimate of drug-likeness (QED) is 0.732. The molecule has 1 saturated heterocycles. The molecule has 1 aromatic rings. The van der Waals surface area contributed by atoms with Crippen LogP contribution in [0.2, 0.25) is 0 Å². The maximum absolute atomic E-state index is 11.3. The number of nitrogens with zero attached hydrogens (tertiary/aromatic N) is 3. The van der Waals surface area contributed by atoms with E-state index in [-0.39, 0.29) is 22.9 Å². The number of aromatic nitrogens is 3. The van der Waals surface area contributed by atoms with Gasteiger partial charge in [-0.3, -0.25) is 0 Å². The fourth-order valence-electron chi connectivity index (χ4n) is 1.64. The molecule has 0 saturated carbocycles. The molecule has 0 aromatic carbocycles. The number of sulfone groups is 1. The van der Waals surface area contributed by atoms with Crippen LogP contribution >= 0.6 is 11.6 Å². The molecule has 1 fully saturated rings. The highest BCUT2D eigenvalue weighted by Gasteiger charge is 2.30. The molecule has 84 valence electrons. The zero-order valence-corrected chi connectivity index (χ0v) is 9.87. The van der Waals surface area contributed by atoms with E-state index in [0.29, 0.717) is 12.1 Å². The maximum atomic E-state index is 11.3. The molecule has 2 rings (SSSR count). The van der Waals surface area contributed by atoms with E-state index in [9.17, 15) is 8.42 Å². The van der Waals surface area contributed by atoms with Gasteiger partial charge >= 0.3 is 0 Å². The molecule has 0 aliphatic carbocycles. The fraction of sp³-hybridized carbons (Fsp3) is 0.750. The van der Waals surface area contributed by atoms with E-state index < -0.39 is 9.84 Å². The molecule has 0 bridgehead atoms. The highest BCUT2D eigenvalue weighted by atomic mass is 35.5. The van der Waals surface area contributed by atoms with Gasteiger partial charge in [-0.25, -0.2) is 13.1 Å². The lowest BCUT2D eigenvalue weighted by molar-refractivity contribution is 0.484. The van der Waals surface area contributed by atoms with E-state index >= 15 is 0 Å². The summed E-state index contributed by atoms with van der Waals surface area (Å²) < 4.78 is 24.1. The van der Waals surface area contributed by atoms with Crippen LogP contribution in [0.25, 0.3) is 0 Å². The maximum Gasteiger partial charge on any atom is 0.152 e. The first-order chi connectivity index (χ1) is 6.98. The molecule has 7 heteroatoms. The molecule has 15 heavy (non-hydrogen) atoms. The van der Waals surface area contributed by atoms with Crippen molar-refractivity contribution in [2.75, 3.05) is 11.5 Å². The third-order valence-electron chi connectivity index (χ3n) is 2.52. The van der Waals surface area contributed by atoms with Crippen LogP contribution in [0.15, 0.2) is 6.20 Å². The van der Waals surface area contributed by atoms with Gasteiger partial charge in [0.2, 0.25) is 0 Å². The van der Waals surface area contributed by atoms with E-state index in [0.717, 1.165) is 0 Å². The van der Waals surface area contributed by atoms with Gasteiger partial charge in [-0.15, -0.1) is 16.7 Å². The van der Waals surface area contributed by atoms with Crippen LogP contribution in [0.5, 0.6) is 0 Å². The lowest BCUT2D eigenvalue weighted by Crippen LogP contribution is -2.11. The highest BCUT2D eigenvalue weighted by molar-refractivity contribution is 7.91. The summed E-state index contributed by atoms with van der Waals surface area (Å²) in [5.74, 6) is 0.399. The van der Waals surface area contributed by atoms with Gasteiger partial charge in [-0.1, -0.05) is 5.21 Å². The second-order valence-corrected chi connectivity index (χ2v) is 6.68. The normalized spacial score (nSPS) is 26.7. The summed E-state index contributed by atoms with van der Waals surface area (Å²) in [7, 11) is -2.88. The van der Waals surface area contributed by atoms with Crippen molar-refractivity contribution in [3.05, 3.63) is 11.9 Å². The largest absolute Gasteiger partial charge is 0.248 e. The molecule has 1 aromatic heterocycles. The summed E-state index contributed by atoms with van der Waals surface area (Å²) in [5, 5.41) is 7.60. The van der Waals surface area contributed by atoms with Crippen LogP contribution in [-0.2, 0) is 9.84 Å². The van der Waals surface area contributed by atoms with E-state index in [2.05, 4.69) is 10.3 Å². The Balaban J connectivity index is 2.17. The summed E-state index contributed by atoms with van der Waals surface area (Å²) in [5.41, 5.74) is 0.681. The van der Waals surface area contributed by atoms with E-state index in [1.807, 2.05) is 0 Å². The zero-order valence-electron chi connectivity index (χ0n) is 8.30. The third-order valence-corrected chi connectivity index (χ3v) is 4.49. The summed E-state index contributed by atoms with van der Waals surface area (Å²) in [6, 6.07) is -0.0772. The molecule has 0 spiro atoms. The predicted octanol–water partition coefficient (Wildman–Crippen LogP) is 0.938. The van der Waals surface area contributed by atoms with Crippen LogP contribution in [0.3, 0.4) is 0 Å². The van der Waals surface area contributed by atoms with Crippen LogP contribution in [0.1, 0.15) is 30.5 Å². The summed E-state index contributed by atoms with van der Waals surface area (Å²) in [6.07, 6.45) is 2.34. The fourth-order valence-corrected chi connectivity index (χ4v) is 3.44. The van der Waals surface area contributed by atoms with Gasteiger partial charge in [0, 0.05) is 0 Å². The van der Waals surface area contributed by atoms with Crippen molar-refractivity contribution in [2.45, 2.75) is 24.8 Å². The van der Waals surface area contributed by atoms with E-state index in [1.54, 1.807) is 17.8 Å². The first kappa shape index (κ1) is 10.9.